The van der Waals surface area contributed by atoms with Gasteiger partial charge in [0.1, 0.15) is 0 Å². The standard InChI is InChI=1S/C13H13N3S2/c14-13-16-11-2-1-9(5-12(11)18-13)6-15-7-10-3-4-17-8-10/h1-5,8,15H,6-7H2,(H2,14,16). The van der Waals surface area contributed by atoms with Gasteiger partial charge in [-0.15, -0.1) is 0 Å². The van der Waals surface area contributed by atoms with Gasteiger partial charge < -0.3 is 11.1 Å². The molecule has 3 nitrogen and oxygen atoms in total. The predicted octanol–water partition coefficient (Wildman–Crippen LogP) is 3.23. The van der Waals surface area contributed by atoms with Crippen LogP contribution in [0.4, 0.5) is 5.13 Å². The van der Waals surface area contributed by atoms with Gasteiger partial charge in [-0.2, -0.15) is 11.3 Å². The molecule has 3 aromatic rings. The van der Waals surface area contributed by atoms with Gasteiger partial charge in [0.05, 0.1) is 10.2 Å². The van der Waals surface area contributed by atoms with E-state index < -0.39 is 0 Å². The van der Waals surface area contributed by atoms with E-state index in [1.165, 1.54) is 22.5 Å². The van der Waals surface area contributed by atoms with E-state index in [9.17, 15) is 0 Å². The monoisotopic (exact) mass is 275 g/mol. The summed E-state index contributed by atoms with van der Waals surface area (Å²) < 4.78 is 1.15. The van der Waals surface area contributed by atoms with Gasteiger partial charge in [-0.3, -0.25) is 0 Å². The first-order chi connectivity index (χ1) is 8.81. The maximum atomic E-state index is 5.70. The highest BCUT2D eigenvalue weighted by Crippen LogP contribution is 2.24. The maximum Gasteiger partial charge on any atom is 0.181 e. The van der Waals surface area contributed by atoms with E-state index in [0.717, 1.165) is 23.3 Å². The molecule has 5 heteroatoms. The van der Waals surface area contributed by atoms with Gasteiger partial charge in [-0.1, -0.05) is 17.4 Å². The molecule has 0 spiro atoms. The molecule has 2 aromatic heterocycles. The number of fused-ring (bicyclic) bond motifs is 1. The molecule has 0 atom stereocenters. The average Bonchev–Trinajstić information content (AvgIpc) is 2.96. The predicted molar refractivity (Wildman–Crippen MR) is 78.9 cm³/mol. The molecule has 0 saturated heterocycles. The Hall–Kier alpha value is -1.43. The molecular weight excluding hydrogens is 262 g/mol. The van der Waals surface area contributed by atoms with Crippen molar-refractivity contribution >= 4 is 38.0 Å². The number of hydrogen-bond donors (Lipinski definition) is 2. The second kappa shape index (κ2) is 5.06. The second-order valence-electron chi connectivity index (χ2n) is 4.09. The van der Waals surface area contributed by atoms with Gasteiger partial charge in [-0.05, 0) is 40.1 Å². The molecule has 0 fully saturated rings. The number of benzene rings is 1. The van der Waals surface area contributed by atoms with Crippen LogP contribution in [0.2, 0.25) is 0 Å². The van der Waals surface area contributed by atoms with E-state index in [1.807, 2.05) is 6.07 Å². The maximum absolute atomic E-state index is 5.70. The summed E-state index contributed by atoms with van der Waals surface area (Å²) in [7, 11) is 0. The summed E-state index contributed by atoms with van der Waals surface area (Å²) in [4.78, 5) is 4.25. The molecule has 2 heterocycles. The third kappa shape index (κ3) is 2.53. The van der Waals surface area contributed by atoms with Crippen molar-refractivity contribution in [3.05, 3.63) is 46.2 Å². The summed E-state index contributed by atoms with van der Waals surface area (Å²) in [5, 5.41) is 8.34. The van der Waals surface area contributed by atoms with E-state index in [1.54, 1.807) is 11.3 Å². The molecule has 0 radical (unpaired) electrons. The highest BCUT2D eigenvalue weighted by Gasteiger charge is 2.02. The summed E-state index contributed by atoms with van der Waals surface area (Å²) >= 11 is 3.27. The van der Waals surface area contributed by atoms with Crippen molar-refractivity contribution in [1.82, 2.24) is 10.3 Å². The van der Waals surface area contributed by atoms with E-state index in [0.29, 0.717) is 5.13 Å². The van der Waals surface area contributed by atoms with Crippen molar-refractivity contribution in [3.63, 3.8) is 0 Å². The number of nitrogen functional groups attached to an aromatic ring is 1. The number of rotatable bonds is 4. The van der Waals surface area contributed by atoms with E-state index in [-0.39, 0.29) is 0 Å². The molecular formula is C13H13N3S2. The first kappa shape index (κ1) is 11.6. The fourth-order valence-corrected chi connectivity index (χ4v) is 3.31. The van der Waals surface area contributed by atoms with Crippen molar-refractivity contribution in [1.29, 1.82) is 0 Å². The Kier molecular flexibility index (Phi) is 3.27. The van der Waals surface area contributed by atoms with Crippen molar-refractivity contribution in [3.8, 4) is 0 Å². The minimum Gasteiger partial charge on any atom is -0.375 e. The number of thiophene rings is 1. The van der Waals surface area contributed by atoms with Gasteiger partial charge in [0.25, 0.3) is 0 Å². The Morgan fingerprint density at radius 3 is 2.89 bits per heavy atom. The van der Waals surface area contributed by atoms with Crippen LogP contribution in [0.25, 0.3) is 10.2 Å². The van der Waals surface area contributed by atoms with Crippen LogP contribution in [0.15, 0.2) is 35.0 Å². The summed E-state index contributed by atoms with van der Waals surface area (Å²) in [6, 6.07) is 8.43. The zero-order chi connectivity index (χ0) is 12.4. The number of hydrogen-bond acceptors (Lipinski definition) is 5. The Morgan fingerprint density at radius 1 is 1.17 bits per heavy atom. The molecule has 18 heavy (non-hydrogen) atoms. The molecule has 0 aliphatic rings. The molecule has 0 saturated carbocycles. The van der Waals surface area contributed by atoms with Crippen LogP contribution in [-0.2, 0) is 13.1 Å². The minimum atomic E-state index is 0.633. The summed E-state index contributed by atoms with van der Waals surface area (Å²) in [5.41, 5.74) is 9.28. The van der Waals surface area contributed by atoms with Crippen molar-refractivity contribution in [2.24, 2.45) is 0 Å². The molecule has 0 bridgehead atoms. The number of nitrogens with zero attached hydrogens (tertiary/aromatic N) is 1. The van der Waals surface area contributed by atoms with Crippen LogP contribution in [0.5, 0.6) is 0 Å². The number of thiazole rings is 1. The SMILES string of the molecule is Nc1nc2ccc(CNCc3ccsc3)cc2s1. The number of nitrogens with one attached hydrogen (secondary N) is 1. The number of anilines is 1. The van der Waals surface area contributed by atoms with E-state index in [2.05, 4.69) is 39.3 Å². The lowest BCUT2D eigenvalue weighted by Crippen LogP contribution is -2.11. The molecule has 92 valence electrons. The van der Waals surface area contributed by atoms with Crippen LogP contribution >= 0.6 is 22.7 Å². The fourth-order valence-electron chi connectivity index (χ4n) is 1.84. The van der Waals surface area contributed by atoms with Gasteiger partial charge >= 0.3 is 0 Å². The lowest BCUT2D eigenvalue weighted by atomic mass is 10.2. The van der Waals surface area contributed by atoms with Crippen LogP contribution in [0, 0.1) is 0 Å². The van der Waals surface area contributed by atoms with Crippen molar-refractivity contribution in [2.45, 2.75) is 13.1 Å². The smallest absolute Gasteiger partial charge is 0.181 e. The molecule has 3 rings (SSSR count). The largest absolute Gasteiger partial charge is 0.375 e. The molecule has 3 N–H and O–H groups in total. The number of nitrogens with two attached hydrogens (primary N) is 1. The first-order valence-electron chi connectivity index (χ1n) is 5.68. The summed E-state index contributed by atoms with van der Waals surface area (Å²) in [6.45, 7) is 1.77. The summed E-state index contributed by atoms with van der Waals surface area (Å²) in [6.07, 6.45) is 0. The van der Waals surface area contributed by atoms with E-state index in [4.69, 9.17) is 5.73 Å². The normalized spacial score (nSPS) is 11.1. The molecule has 0 aliphatic heterocycles. The third-order valence-corrected chi connectivity index (χ3v) is 4.29. The third-order valence-electron chi connectivity index (χ3n) is 2.71. The van der Waals surface area contributed by atoms with Crippen LogP contribution < -0.4 is 11.1 Å². The highest BCUT2D eigenvalue weighted by molar-refractivity contribution is 7.22. The van der Waals surface area contributed by atoms with Gasteiger partial charge in [0.2, 0.25) is 0 Å². The van der Waals surface area contributed by atoms with Gasteiger partial charge in [-0.25, -0.2) is 4.98 Å². The molecule has 1 aromatic carbocycles. The zero-order valence-corrected chi connectivity index (χ0v) is 11.4. The van der Waals surface area contributed by atoms with Crippen LogP contribution in [-0.4, -0.2) is 4.98 Å². The van der Waals surface area contributed by atoms with Crippen LogP contribution in [0.1, 0.15) is 11.1 Å². The molecule has 0 aliphatic carbocycles. The average molecular weight is 275 g/mol. The van der Waals surface area contributed by atoms with Crippen molar-refractivity contribution < 1.29 is 0 Å². The molecule has 0 amide bonds. The van der Waals surface area contributed by atoms with Gasteiger partial charge in [0.15, 0.2) is 5.13 Å². The Labute approximate surface area is 113 Å². The van der Waals surface area contributed by atoms with E-state index >= 15 is 0 Å². The van der Waals surface area contributed by atoms with Crippen molar-refractivity contribution in [2.75, 3.05) is 5.73 Å². The summed E-state index contributed by atoms with van der Waals surface area (Å²) in [5.74, 6) is 0. The minimum absolute atomic E-state index is 0.633. The topological polar surface area (TPSA) is 50.9 Å². The molecule has 0 unspecified atom stereocenters. The second-order valence-corrected chi connectivity index (χ2v) is 5.93. The Morgan fingerprint density at radius 2 is 2.06 bits per heavy atom. The quantitative estimate of drug-likeness (QED) is 0.768. The lowest BCUT2D eigenvalue weighted by Gasteiger charge is -2.03. The van der Waals surface area contributed by atoms with Crippen LogP contribution in [0.3, 0.4) is 0 Å². The fraction of sp³-hybridized carbons (Fsp3) is 0.154. The zero-order valence-electron chi connectivity index (χ0n) is 9.72. The van der Waals surface area contributed by atoms with Gasteiger partial charge in [0, 0.05) is 13.1 Å². The lowest BCUT2D eigenvalue weighted by molar-refractivity contribution is 0.695. The highest BCUT2D eigenvalue weighted by atomic mass is 32.1. The Bertz CT molecular complexity index is 643. The number of aromatic nitrogens is 1. The first-order valence-corrected chi connectivity index (χ1v) is 7.44. The Balaban J connectivity index is 1.67.